The molecule has 26 heavy (non-hydrogen) atoms. The maximum atomic E-state index is 12.5. The number of guanidine groups is 1. The number of halogens is 4. The van der Waals surface area contributed by atoms with Crippen LogP contribution in [-0.4, -0.2) is 48.6 Å². The molecule has 1 heterocycles. The fourth-order valence-corrected chi connectivity index (χ4v) is 3.08. The van der Waals surface area contributed by atoms with Crippen molar-refractivity contribution in [3.05, 3.63) is 16.1 Å². The summed E-state index contributed by atoms with van der Waals surface area (Å²) in [6.45, 7) is 9.75. The van der Waals surface area contributed by atoms with Crippen LogP contribution in [0.15, 0.2) is 10.4 Å². The summed E-state index contributed by atoms with van der Waals surface area (Å²) in [5, 5.41) is 7.68. The normalized spacial score (nSPS) is 13.5. The maximum Gasteiger partial charge on any atom is 0.434 e. The van der Waals surface area contributed by atoms with Gasteiger partial charge in [-0.25, -0.2) is 4.98 Å². The van der Waals surface area contributed by atoms with Crippen molar-refractivity contribution in [3.63, 3.8) is 0 Å². The van der Waals surface area contributed by atoms with Gasteiger partial charge in [0.1, 0.15) is 5.01 Å². The third kappa shape index (κ3) is 9.36. The van der Waals surface area contributed by atoms with Crippen LogP contribution in [0.1, 0.15) is 44.3 Å². The van der Waals surface area contributed by atoms with E-state index < -0.39 is 11.9 Å². The van der Waals surface area contributed by atoms with Crippen molar-refractivity contribution in [2.24, 2.45) is 4.99 Å². The minimum atomic E-state index is -4.39. The zero-order valence-electron chi connectivity index (χ0n) is 15.7. The van der Waals surface area contributed by atoms with Gasteiger partial charge in [-0.15, -0.1) is 35.3 Å². The second kappa shape index (κ2) is 12.7. The van der Waals surface area contributed by atoms with Crippen LogP contribution in [0.2, 0.25) is 0 Å². The molecule has 0 spiro atoms. The zero-order valence-corrected chi connectivity index (χ0v) is 18.8. The summed E-state index contributed by atoms with van der Waals surface area (Å²) in [5.74, 6) is 0.569. The van der Waals surface area contributed by atoms with E-state index in [0.29, 0.717) is 11.0 Å². The highest BCUT2D eigenvalue weighted by molar-refractivity contribution is 14.0. The first kappa shape index (κ1) is 25.4. The van der Waals surface area contributed by atoms with Gasteiger partial charge in [0.2, 0.25) is 0 Å². The molecule has 5 nitrogen and oxygen atoms in total. The molecular weight excluding hydrogens is 478 g/mol. The molecule has 0 aliphatic carbocycles. The third-order valence-electron chi connectivity index (χ3n) is 3.86. The number of rotatable bonds is 9. The summed E-state index contributed by atoms with van der Waals surface area (Å²) in [6, 6.07) is 0.226. The Labute approximate surface area is 174 Å². The number of hydrogen-bond donors (Lipinski definition) is 2. The van der Waals surface area contributed by atoms with Crippen molar-refractivity contribution in [1.29, 1.82) is 0 Å². The maximum absolute atomic E-state index is 12.5. The molecule has 0 aromatic carbocycles. The molecule has 1 rings (SSSR count). The summed E-state index contributed by atoms with van der Waals surface area (Å²) in [7, 11) is 1.64. The lowest BCUT2D eigenvalue weighted by atomic mass is 10.2. The van der Waals surface area contributed by atoms with Gasteiger partial charge in [0.05, 0.1) is 6.54 Å². The summed E-state index contributed by atoms with van der Waals surface area (Å²) >= 11 is 0.988. The van der Waals surface area contributed by atoms with Gasteiger partial charge in [-0.05, 0) is 39.4 Å². The Bertz CT molecular complexity index is 532. The van der Waals surface area contributed by atoms with Gasteiger partial charge < -0.3 is 15.5 Å². The third-order valence-corrected chi connectivity index (χ3v) is 4.71. The predicted molar refractivity (Wildman–Crippen MR) is 112 cm³/mol. The van der Waals surface area contributed by atoms with E-state index in [1.807, 2.05) is 0 Å². The van der Waals surface area contributed by atoms with Crippen LogP contribution in [0.3, 0.4) is 0 Å². The van der Waals surface area contributed by atoms with E-state index in [4.69, 9.17) is 0 Å². The molecule has 10 heteroatoms. The van der Waals surface area contributed by atoms with Crippen molar-refractivity contribution < 1.29 is 13.2 Å². The zero-order chi connectivity index (χ0) is 18.9. The van der Waals surface area contributed by atoms with Crippen molar-refractivity contribution >= 4 is 41.3 Å². The molecule has 1 atom stereocenters. The van der Waals surface area contributed by atoms with E-state index in [2.05, 4.69) is 46.3 Å². The Hall–Kier alpha value is -0.620. The van der Waals surface area contributed by atoms with Crippen LogP contribution < -0.4 is 10.6 Å². The number of aliphatic imine (C=N–C) groups is 1. The first-order valence-electron chi connectivity index (χ1n) is 8.51. The number of nitrogens with one attached hydrogen (secondary N) is 2. The van der Waals surface area contributed by atoms with E-state index in [0.717, 1.165) is 49.2 Å². The molecule has 0 radical (unpaired) electrons. The van der Waals surface area contributed by atoms with Crippen LogP contribution >= 0.6 is 35.3 Å². The van der Waals surface area contributed by atoms with Gasteiger partial charge in [0.25, 0.3) is 0 Å². The molecule has 2 N–H and O–H groups in total. The number of alkyl halides is 3. The van der Waals surface area contributed by atoms with Crippen LogP contribution in [0.5, 0.6) is 0 Å². The van der Waals surface area contributed by atoms with Crippen LogP contribution in [0, 0.1) is 0 Å². The Kier molecular flexibility index (Phi) is 12.4. The van der Waals surface area contributed by atoms with Crippen molar-refractivity contribution in [2.45, 2.75) is 52.4 Å². The molecule has 0 saturated carbocycles. The molecule has 0 saturated heterocycles. The monoisotopic (exact) mass is 507 g/mol. The second-order valence-corrected chi connectivity index (χ2v) is 6.71. The number of aromatic nitrogens is 1. The van der Waals surface area contributed by atoms with Crippen LogP contribution in [0.4, 0.5) is 13.2 Å². The van der Waals surface area contributed by atoms with Gasteiger partial charge in [-0.1, -0.05) is 13.8 Å². The van der Waals surface area contributed by atoms with Gasteiger partial charge in [-0.3, -0.25) is 4.99 Å². The molecular formula is C16H29F3IN5S. The largest absolute Gasteiger partial charge is 0.434 e. The molecule has 0 aliphatic heterocycles. The van der Waals surface area contributed by atoms with Crippen molar-refractivity contribution in [2.75, 3.05) is 26.7 Å². The smallest absolute Gasteiger partial charge is 0.354 e. The van der Waals surface area contributed by atoms with Crippen LogP contribution in [0.25, 0.3) is 0 Å². The predicted octanol–water partition coefficient (Wildman–Crippen LogP) is 3.96. The van der Waals surface area contributed by atoms with Crippen LogP contribution in [-0.2, 0) is 12.7 Å². The van der Waals surface area contributed by atoms with E-state index in [-0.39, 0.29) is 36.6 Å². The number of hydrogen-bond acceptors (Lipinski definition) is 4. The summed E-state index contributed by atoms with van der Waals surface area (Å²) in [5.41, 5.74) is -0.845. The highest BCUT2D eigenvalue weighted by Crippen LogP contribution is 2.29. The molecule has 0 bridgehead atoms. The summed E-state index contributed by atoms with van der Waals surface area (Å²) < 4.78 is 37.6. The van der Waals surface area contributed by atoms with Gasteiger partial charge >= 0.3 is 6.18 Å². The van der Waals surface area contributed by atoms with E-state index >= 15 is 0 Å². The Balaban J connectivity index is 0.00000625. The fraction of sp³-hybridized carbons (Fsp3) is 0.750. The molecule has 152 valence electrons. The van der Waals surface area contributed by atoms with E-state index in [9.17, 15) is 13.2 Å². The average molecular weight is 507 g/mol. The van der Waals surface area contributed by atoms with E-state index in [1.165, 1.54) is 0 Å². The van der Waals surface area contributed by atoms with Crippen molar-refractivity contribution in [3.8, 4) is 0 Å². The highest BCUT2D eigenvalue weighted by Gasteiger charge is 2.33. The van der Waals surface area contributed by atoms with Gasteiger partial charge in [0.15, 0.2) is 11.7 Å². The second-order valence-electron chi connectivity index (χ2n) is 5.76. The SMILES string of the molecule is CCN(CC)CCCC(C)NC(=NC)NCc1nc(C(F)(F)F)cs1.I. The number of nitrogens with zero attached hydrogens (tertiary/aromatic N) is 3. The fourth-order valence-electron chi connectivity index (χ4n) is 2.34. The lowest BCUT2D eigenvalue weighted by Gasteiger charge is -2.21. The first-order chi connectivity index (χ1) is 11.8. The molecule has 0 fully saturated rings. The Morgan fingerprint density at radius 1 is 1.35 bits per heavy atom. The van der Waals surface area contributed by atoms with Gasteiger partial charge in [0, 0.05) is 18.5 Å². The molecule has 1 unspecified atom stereocenters. The average Bonchev–Trinajstić information content (AvgIpc) is 3.04. The molecule has 1 aromatic heterocycles. The first-order valence-corrected chi connectivity index (χ1v) is 9.39. The Morgan fingerprint density at radius 3 is 2.50 bits per heavy atom. The standard InChI is InChI=1S/C16H28F3N5S.HI/c1-5-24(6-2)9-7-8-12(3)22-15(20-4)21-10-14-23-13(11-25-14)16(17,18)19;/h11-12H,5-10H2,1-4H3,(H2,20,21,22);1H. The lowest BCUT2D eigenvalue weighted by Crippen LogP contribution is -2.42. The minimum absolute atomic E-state index is 0. The lowest BCUT2D eigenvalue weighted by molar-refractivity contribution is -0.140. The van der Waals surface area contributed by atoms with Gasteiger partial charge in [-0.2, -0.15) is 13.2 Å². The summed E-state index contributed by atoms with van der Waals surface area (Å²) in [4.78, 5) is 10.1. The van der Waals surface area contributed by atoms with E-state index in [1.54, 1.807) is 7.05 Å². The number of thiazole rings is 1. The quantitative estimate of drug-likeness (QED) is 0.302. The summed E-state index contributed by atoms with van der Waals surface area (Å²) in [6.07, 6.45) is -2.32. The minimum Gasteiger partial charge on any atom is -0.354 e. The van der Waals surface area contributed by atoms with Crippen molar-refractivity contribution in [1.82, 2.24) is 20.5 Å². The highest BCUT2D eigenvalue weighted by atomic mass is 127. The Morgan fingerprint density at radius 2 is 2.00 bits per heavy atom. The topological polar surface area (TPSA) is 52.5 Å². The molecule has 0 amide bonds. The molecule has 1 aromatic rings. The molecule has 0 aliphatic rings.